The van der Waals surface area contributed by atoms with Gasteiger partial charge in [-0.05, 0) is 25.1 Å². The molecule has 0 saturated heterocycles. The molecule has 72 valence electrons. The number of hydrogen-bond acceptors (Lipinski definition) is 2. The Morgan fingerprint density at radius 3 is 2.77 bits per heavy atom. The van der Waals surface area contributed by atoms with Crippen molar-refractivity contribution in [2.24, 2.45) is 5.73 Å². The monoisotopic (exact) mass is 263 g/mol. The van der Waals surface area contributed by atoms with Gasteiger partial charge in [-0.1, -0.05) is 33.6 Å². The molecule has 0 amide bonds. The maximum absolute atomic E-state index is 9.69. The van der Waals surface area contributed by atoms with Crippen LogP contribution in [0.25, 0.3) is 0 Å². The van der Waals surface area contributed by atoms with Crippen molar-refractivity contribution in [1.82, 2.24) is 0 Å². The quantitative estimate of drug-likeness (QED) is 0.881. The lowest BCUT2D eigenvalue weighted by molar-refractivity contribution is 0.169. The number of halogens is 2. The van der Waals surface area contributed by atoms with Gasteiger partial charge in [-0.3, -0.25) is 0 Å². The summed E-state index contributed by atoms with van der Waals surface area (Å²) in [4.78, 5) is 0. The first kappa shape index (κ1) is 11.0. The van der Waals surface area contributed by atoms with E-state index in [1.165, 1.54) is 0 Å². The van der Waals surface area contributed by atoms with Gasteiger partial charge in [-0.25, -0.2) is 0 Å². The van der Waals surface area contributed by atoms with Gasteiger partial charge in [-0.2, -0.15) is 0 Å². The molecule has 0 aliphatic heterocycles. The van der Waals surface area contributed by atoms with Crippen molar-refractivity contribution in [2.75, 3.05) is 6.54 Å². The van der Waals surface area contributed by atoms with Crippen LogP contribution in [-0.4, -0.2) is 11.7 Å². The normalized spacial score (nSPS) is 12.9. The molecule has 0 saturated carbocycles. The Balaban J connectivity index is 2.98. The van der Waals surface area contributed by atoms with Crippen molar-refractivity contribution in [3.05, 3.63) is 33.3 Å². The van der Waals surface area contributed by atoms with E-state index in [0.29, 0.717) is 18.0 Å². The Labute approximate surface area is 90.8 Å². The molecule has 1 atom stereocenters. The number of nitrogens with two attached hydrogens (primary N) is 1. The van der Waals surface area contributed by atoms with E-state index in [1.54, 1.807) is 6.07 Å². The van der Waals surface area contributed by atoms with E-state index < -0.39 is 6.10 Å². The molecule has 0 radical (unpaired) electrons. The van der Waals surface area contributed by atoms with Gasteiger partial charge in [0.2, 0.25) is 0 Å². The van der Waals surface area contributed by atoms with Crippen LogP contribution in [0.15, 0.2) is 22.7 Å². The average Bonchev–Trinajstić information content (AvgIpc) is 2.04. The molecule has 3 N–H and O–H groups in total. The van der Waals surface area contributed by atoms with Crippen LogP contribution in [0.1, 0.15) is 18.1 Å². The fourth-order valence-corrected chi connectivity index (χ4v) is 2.18. The van der Waals surface area contributed by atoms with Gasteiger partial charge in [0.05, 0.1) is 6.10 Å². The summed E-state index contributed by atoms with van der Waals surface area (Å²) in [7, 11) is 0. The molecule has 0 bridgehead atoms. The average molecular weight is 265 g/mol. The lowest BCUT2D eigenvalue weighted by Crippen LogP contribution is -2.07. The molecule has 0 aromatic heterocycles. The first-order chi connectivity index (χ1) is 6.16. The van der Waals surface area contributed by atoms with E-state index in [1.807, 2.05) is 12.1 Å². The molecule has 0 unspecified atom stereocenters. The molecule has 13 heavy (non-hydrogen) atoms. The van der Waals surface area contributed by atoms with Gasteiger partial charge in [0.1, 0.15) is 0 Å². The smallest absolute Gasteiger partial charge is 0.0827 e. The van der Waals surface area contributed by atoms with E-state index in [9.17, 15) is 5.11 Å². The van der Waals surface area contributed by atoms with E-state index in [-0.39, 0.29) is 0 Å². The standard InChI is InChI=1S/C9H11BrClNO/c10-6-2-1-3-7(11)9(6)8(13)4-5-12/h1-3,8,13H,4-5,12H2/t8-/m1/s1. The van der Waals surface area contributed by atoms with Crippen molar-refractivity contribution in [2.45, 2.75) is 12.5 Å². The number of benzene rings is 1. The number of hydrogen-bond donors (Lipinski definition) is 2. The molecule has 0 aliphatic carbocycles. The van der Waals surface area contributed by atoms with Gasteiger partial charge in [-0.15, -0.1) is 0 Å². The lowest BCUT2D eigenvalue weighted by atomic mass is 10.1. The Hall–Kier alpha value is -0.0900. The van der Waals surface area contributed by atoms with Crippen molar-refractivity contribution in [3.8, 4) is 0 Å². The fraction of sp³-hybridized carbons (Fsp3) is 0.333. The van der Waals surface area contributed by atoms with Crippen LogP contribution in [0.4, 0.5) is 0 Å². The highest BCUT2D eigenvalue weighted by Crippen LogP contribution is 2.31. The van der Waals surface area contributed by atoms with Crippen molar-refractivity contribution >= 4 is 27.5 Å². The second kappa shape index (κ2) is 4.96. The molecule has 2 nitrogen and oxygen atoms in total. The molecular formula is C9H11BrClNO. The maximum Gasteiger partial charge on any atom is 0.0827 e. The molecule has 1 rings (SSSR count). The lowest BCUT2D eigenvalue weighted by Gasteiger charge is -2.13. The third-order valence-electron chi connectivity index (χ3n) is 1.77. The van der Waals surface area contributed by atoms with Crippen molar-refractivity contribution < 1.29 is 5.11 Å². The second-order valence-electron chi connectivity index (χ2n) is 2.73. The summed E-state index contributed by atoms with van der Waals surface area (Å²) in [5, 5.41) is 10.3. The Bertz CT molecular complexity index is 273. The van der Waals surface area contributed by atoms with E-state index in [2.05, 4.69) is 15.9 Å². The SMILES string of the molecule is NCC[C@@H](O)c1c(Cl)cccc1Br. The van der Waals surface area contributed by atoms with Gasteiger partial charge in [0, 0.05) is 15.1 Å². The highest BCUT2D eigenvalue weighted by molar-refractivity contribution is 9.10. The molecule has 1 aromatic rings. The Morgan fingerprint density at radius 2 is 2.23 bits per heavy atom. The zero-order chi connectivity index (χ0) is 9.84. The largest absolute Gasteiger partial charge is 0.388 e. The van der Waals surface area contributed by atoms with Crippen LogP contribution >= 0.6 is 27.5 Å². The Morgan fingerprint density at radius 1 is 1.54 bits per heavy atom. The maximum atomic E-state index is 9.69. The van der Waals surface area contributed by atoms with E-state index in [0.717, 1.165) is 10.0 Å². The molecule has 4 heteroatoms. The van der Waals surface area contributed by atoms with Gasteiger partial charge in [0.15, 0.2) is 0 Å². The molecule has 0 heterocycles. The predicted molar refractivity (Wildman–Crippen MR) is 57.8 cm³/mol. The topological polar surface area (TPSA) is 46.2 Å². The zero-order valence-electron chi connectivity index (χ0n) is 7.00. The fourth-order valence-electron chi connectivity index (χ4n) is 1.13. The highest BCUT2D eigenvalue weighted by atomic mass is 79.9. The number of rotatable bonds is 3. The first-order valence-electron chi connectivity index (χ1n) is 3.99. The minimum Gasteiger partial charge on any atom is -0.388 e. The van der Waals surface area contributed by atoms with Crippen molar-refractivity contribution in [1.29, 1.82) is 0 Å². The third-order valence-corrected chi connectivity index (χ3v) is 2.79. The van der Waals surface area contributed by atoms with Crippen LogP contribution in [-0.2, 0) is 0 Å². The summed E-state index contributed by atoms with van der Waals surface area (Å²) >= 11 is 9.26. The molecule has 0 aliphatic rings. The summed E-state index contributed by atoms with van der Waals surface area (Å²) in [5.41, 5.74) is 6.07. The first-order valence-corrected chi connectivity index (χ1v) is 5.16. The Kier molecular flexibility index (Phi) is 4.19. The van der Waals surface area contributed by atoms with Crippen LogP contribution in [0.5, 0.6) is 0 Å². The summed E-state index contributed by atoms with van der Waals surface area (Å²) in [6.07, 6.45) is -0.0735. The third kappa shape index (κ3) is 2.68. The zero-order valence-corrected chi connectivity index (χ0v) is 9.35. The summed E-state index contributed by atoms with van der Waals surface area (Å²) in [6.45, 7) is 0.443. The van der Waals surface area contributed by atoms with Crippen LogP contribution in [0, 0.1) is 0 Å². The van der Waals surface area contributed by atoms with E-state index in [4.69, 9.17) is 17.3 Å². The predicted octanol–water partition coefficient (Wildman–Crippen LogP) is 2.48. The molecule has 1 aromatic carbocycles. The summed E-state index contributed by atoms with van der Waals surface area (Å²) in [6, 6.07) is 5.42. The van der Waals surface area contributed by atoms with Gasteiger partial charge < -0.3 is 10.8 Å². The number of aliphatic hydroxyl groups is 1. The summed E-state index contributed by atoms with van der Waals surface area (Å²) < 4.78 is 0.820. The van der Waals surface area contributed by atoms with Crippen LogP contribution in [0.2, 0.25) is 5.02 Å². The summed E-state index contributed by atoms with van der Waals surface area (Å²) in [5.74, 6) is 0. The van der Waals surface area contributed by atoms with Crippen LogP contribution < -0.4 is 5.73 Å². The molecular weight excluding hydrogens is 253 g/mol. The molecule has 0 fully saturated rings. The van der Waals surface area contributed by atoms with Crippen molar-refractivity contribution in [3.63, 3.8) is 0 Å². The minimum atomic E-state index is -0.590. The van der Waals surface area contributed by atoms with Crippen LogP contribution in [0.3, 0.4) is 0 Å². The number of aliphatic hydroxyl groups excluding tert-OH is 1. The second-order valence-corrected chi connectivity index (χ2v) is 3.99. The van der Waals surface area contributed by atoms with Gasteiger partial charge in [0.25, 0.3) is 0 Å². The minimum absolute atomic E-state index is 0.443. The highest BCUT2D eigenvalue weighted by Gasteiger charge is 2.13. The van der Waals surface area contributed by atoms with Gasteiger partial charge >= 0.3 is 0 Å². The molecule has 0 spiro atoms. The van der Waals surface area contributed by atoms with E-state index >= 15 is 0 Å².